The van der Waals surface area contributed by atoms with Crippen LogP contribution in [0.5, 0.6) is 11.5 Å². The number of para-hydroxylation sites is 2. The van der Waals surface area contributed by atoms with Crippen LogP contribution in [-0.4, -0.2) is 32.4 Å². The normalized spacial score (nSPS) is 7.67. The molecule has 6 heteroatoms. The lowest BCUT2D eigenvalue weighted by Crippen LogP contribution is -1.82. The largest absolute Gasteiger partial charge is 0.508 e. The Morgan fingerprint density at radius 1 is 0.667 bits per heavy atom. The molecule has 4 N–H and O–H groups in total. The number of carboxylic acids is 2. The molecule has 0 aliphatic carbocycles. The maximum atomic E-state index is 9.25. The van der Waals surface area contributed by atoms with Gasteiger partial charge in [-0.1, -0.05) is 49.6 Å². The molecule has 0 saturated heterocycles. The molecule has 0 heterocycles. The molecule has 24 heavy (non-hydrogen) atoms. The maximum absolute atomic E-state index is 9.25. The molecule has 2 rings (SSSR count). The summed E-state index contributed by atoms with van der Waals surface area (Å²) in [4.78, 5) is 18.5. The SMILES string of the molecule is C=CC(=O)O.C=CC(=O)O.Oc1ccccc1.Oc1ccccc1. The molecule has 2 aromatic carbocycles. The predicted octanol–water partition coefficient (Wildman–Crippen LogP) is 3.30. The van der Waals surface area contributed by atoms with Gasteiger partial charge in [0, 0.05) is 12.2 Å². The zero-order chi connectivity index (χ0) is 18.8. The number of benzene rings is 2. The summed E-state index contributed by atoms with van der Waals surface area (Å²) in [5.41, 5.74) is 0. The molecule has 0 aromatic heterocycles. The predicted molar refractivity (Wildman–Crippen MR) is 91.9 cm³/mol. The first-order valence-corrected chi connectivity index (χ1v) is 6.52. The van der Waals surface area contributed by atoms with Crippen molar-refractivity contribution in [2.24, 2.45) is 0 Å². The lowest BCUT2D eigenvalue weighted by Gasteiger charge is -1.82. The van der Waals surface area contributed by atoms with Crippen LogP contribution in [0.4, 0.5) is 0 Å². The Kier molecular flexibility index (Phi) is 15.0. The summed E-state index contributed by atoms with van der Waals surface area (Å²) in [7, 11) is 0. The number of rotatable bonds is 2. The Hall–Kier alpha value is -3.54. The zero-order valence-electron chi connectivity index (χ0n) is 12.9. The van der Waals surface area contributed by atoms with Gasteiger partial charge in [-0.25, -0.2) is 9.59 Å². The molecule has 0 bridgehead atoms. The van der Waals surface area contributed by atoms with Crippen molar-refractivity contribution in [3.63, 3.8) is 0 Å². The van der Waals surface area contributed by atoms with E-state index in [4.69, 9.17) is 20.4 Å². The number of carbonyl (C=O) groups is 2. The second kappa shape index (κ2) is 15.8. The Balaban J connectivity index is 0. The average molecular weight is 332 g/mol. The van der Waals surface area contributed by atoms with E-state index in [9.17, 15) is 9.59 Å². The quantitative estimate of drug-likeness (QED) is 0.627. The van der Waals surface area contributed by atoms with E-state index in [0.29, 0.717) is 11.5 Å². The second-order valence-electron chi connectivity index (χ2n) is 3.76. The van der Waals surface area contributed by atoms with Gasteiger partial charge in [0.05, 0.1) is 0 Å². The monoisotopic (exact) mass is 332 g/mol. The fraction of sp³-hybridized carbons (Fsp3) is 0. The van der Waals surface area contributed by atoms with Gasteiger partial charge in [0.1, 0.15) is 11.5 Å². The van der Waals surface area contributed by atoms with Gasteiger partial charge < -0.3 is 20.4 Å². The van der Waals surface area contributed by atoms with Gasteiger partial charge in [-0.2, -0.15) is 0 Å². The highest BCUT2D eigenvalue weighted by atomic mass is 16.4. The van der Waals surface area contributed by atoms with Crippen LogP contribution in [0.2, 0.25) is 0 Å². The molecule has 0 spiro atoms. The van der Waals surface area contributed by atoms with E-state index in [2.05, 4.69) is 13.2 Å². The number of carboxylic acid groups (broad SMARTS) is 2. The van der Waals surface area contributed by atoms with E-state index in [0.717, 1.165) is 12.2 Å². The van der Waals surface area contributed by atoms with E-state index in [-0.39, 0.29) is 0 Å². The van der Waals surface area contributed by atoms with Gasteiger partial charge >= 0.3 is 11.9 Å². The molecule has 0 fully saturated rings. The molecular formula is C18H20O6. The van der Waals surface area contributed by atoms with Crippen LogP contribution in [-0.2, 0) is 9.59 Å². The van der Waals surface area contributed by atoms with Crippen molar-refractivity contribution in [2.45, 2.75) is 0 Å². The van der Waals surface area contributed by atoms with Crippen molar-refractivity contribution < 1.29 is 30.0 Å². The fourth-order valence-electron chi connectivity index (χ4n) is 0.856. The van der Waals surface area contributed by atoms with Gasteiger partial charge in [0.15, 0.2) is 0 Å². The molecule has 0 atom stereocenters. The summed E-state index contributed by atoms with van der Waals surface area (Å²) in [6.07, 6.45) is 1.67. The third-order valence-electron chi connectivity index (χ3n) is 1.86. The van der Waals surface area contributed by atoms with Crippen molar-refractivity contribution in [3.05, 3.63) is 86.0 Å². The minimum atomic E-state index is -0.981. The highest BCUT2D eigenvalue weighted by Crippen LogP contribution is 2.03. The van der Waals surface area contributed by atoms with Crippen molar-refractivity contribution in [1.82, 2.24) is 0 Å². The zero-order valence-corrected chi connectivity index (χ0v) is 12.9. The van der Waals surface area contributed by atoms with Crippen molar-refractivity contribution in [3.8, 4) is 11.5 Å². The molecule has 128 valence electrons. The summed E-state index contributed by atoms with van der Waals surface area (Å²) in [5.74, 6) is -1.32. The van der Waals surface area contributed by atoms with E-state index < -0.39 is 11.9 Å². The van der Waals surface area contributed by atoms with Gasteiger partial charge in [-0.15, -0.1) is 0 Å². The van der Waals surface area contributed by atoms with Crippen LogP contribution >= 0.6 is 0 Å². The molecular weight excluding hydrogens is 312 g/mol. The number of hydrogen-bond acceptors (Lipinski definition) is 4. The van der Waals surface area contributed by atoms with Crippen molar-refractivity contribution in [2.75, 3.05) is 0 Å². The average Bonchev–Trinajstić information content (AvgIpc) is 2.58. The van der Waals surface area contributed by atoms with Gasteiger partial charge in [-0.3, -0.25) is 0 Å². The fourth-order valence-corrected chi connectivity index (χ4v) is 0.856. The Morgan fingerprint density at radius 2 is 0.875 bits per heavy atom. The van der Waals surface area contributed by atoms with Gasteiger partial charge in [0.2, 0.25) is 0 Å². The van der Waals surface area contributed by atoms with E-state index >= 15 is 0 Å². The molecule has 0 aliphatic heterocycles. The molecule has 0 radical (unpaired) electrons. The van der Waals surface area contributed by atoms with Crippen LogP contribution in [0, 0.1) is 0 Å². The first-order chi connectivity index (χ1) is 11.3. The Morgan fingerprint density at radius 3 is 0.958 bits per heavy atom. The number of aromatic hydroxyl groups is 2. The molecule has 0 amide bonds. The lowest BCUT2D eigenvalue weighted by molar-refractivity contribution is -0.132. The van der Waals surface area contributed by atoms with Crippen molar-refractivity contribution in [1.29, 1.82) is 0 Å². The van der Waals surface area contributed by atoms with Gasteiger partial charge in [-0.05, 0) is 24.3 Å². The molecule has 2 aromatic rings. The van der Waals surface area contributed by atoms with Crippen LogP contribution in [0.3, 0.4) is 0 Å². The standard InChI is InChI=1S/2C6H6O.2C3H4O2/c2*7-6-4-2-1-3-5-6;2*1-2-3(4)5/h2*1-5,7H;2*2H,1H2,(H,4,5). The molecule has 6 nitrogen and oxygen atoms in total. The molecule has 0 saturated carbocycles. The summed E-state index contributed by atoms with van der Waals surface area (Å²) >= 11 is 0. The summed E-state index contributed by atoms with van der Waals surface area (Å²) in [5, 5.41) is 32.5. The van der Waals surface area contributed by atoms with E-state index in [1.165, 1.54) is 0 Å². The first-order valence-electron chi connectivity index (χ1n) is 6.52. The van der Waals surface area contributed by atoms with E-state index in [1.807, 2.05) is 12.1 Å². The summed E-state index contributed by atoms with van der Waals surface area (Å²) in [6.45, 7) is 5.92. The second-order valence-corrected chi connectivity index (χ2v) is 3.76. The molecule has 0 aliphatic rings. The number of phenolic OH excluding ortho intramolecular Hbond substituents is 2. The van der Waals surface area contributed by atoms with Crippen LogP contribution in [0.25, 0.3) is 0 Å². The van der Waals surface area contributed by atoms with Crippen LogP contribution in [0.1, 0.15) is 0 Å². The Labute approximate surface area is 140 Å². The topological polar surface area (TPSA) is 115 Å². The minimum absolute atomic E-state index is 0.322. The third kappa shape index (κ3) is 20.8. The smallest absolute Gasteiger partial charge is 0.327 e. The lowest BCUT2D eigenvalue weighted by atomic mass is 10.3. The Bertz CT molecular complexity index is 538. The van der Waals surface area contributed by atoms with E-state index in [1.54, 1.807) is 48.5 Å². The highest BCUT2D eigenvalue weighted by Gasteiger charge is 1.75. The van der Waals surface area contributed by atoms with Gasteiger partial charge in [0.25, 0.3) is 0 Å². The molecule has 0 unspecified atom stereocenters. The third-order valence-corrected chi connectivity index (χ3v) is 1.86. The first kappa shape index (κ1) is 22.7. The number of aliphatic carboxylic acids is 2. The van der Waals surface area contributed by atoms with Crippen LogP contribution in [0.15, 0.2) is 86.0 Å². The van der Waals surface area contributed by atoms with Crippen molar-refractivity contribution >= 4 is 11.9 Å². The summed E-state index contributed by atoms with van der Waals surface area (Å²) < 4.78 is 0. The van der Waals surface area contributed by atoms with Crippen LogP contribution < -0.4 is 0 Å². The minimum Gasteiger partial charge on any atom is -0.508 e. The number of hydrogen-bond donors (Lipinski definition) is 4. The highest BCUT2D eigenvalue weighted by molar-refractivity contribution is 5.79. The maximum Gasteiger partial charge on any atom is 0.327 e. The summed E-state index contributed by atoms with van der Waals surface area (Å²) in [6, 6.07) is 17.4. The number of phenols is 2.